The fraction of sp³-hybridized carbons (Fsp3) is 0.0833. The van der Waals surface area contributed by atoms with Gasteiger partial charge < -0.3 is 0 Å². The van der Waals surface area contributed by atoms with Crippen LogP contribution in [-0.4, -0.2) is 4.98 Å². The summed E-state index contributed by atoms with van der Waals surface area (Å²) in [5.41, 5.74) is 4.20. The number of nitrogens with zero attached hydrogens (tertiary/aromatic N) is 1. The van der Waals surface area contributed by atoms with Crippen molar-refractivity contribution in [2.75, 3.05) is 0 Å². The van der Waals surface area contributed by atoms with E-state index < -0.39 is 0 Å². The van der Waals surface area contributed by atoms with E-state index in [4.69, 9.17) is 0 Å². The molecule has 1 nitrogen and oxygen atoms in total. The van der Waals surface area contributed by atoms with E-state index in [1.54, 1.807) is 11.3 Å². The molecule has 0 saturated heterocycles. The van der Waals surface area contributed by atoms with Crippen LogP contribution in [0.1, 0.15) is 16.1 Å². The van der Waals surface area contributed by atoms with E-state index in [1.807, 2.05) is 30.6 Å². The average Bonchev–Trinajstić information content (AvgIpc) is 2.63. The molecule has 0 unspecified atom stereocenters. The van der Waals surface area contributed by atoms with E-state index in [0.717, 1.165) is 5.69 Å². The van der Waals surface area contributed by atoms with Crippen molar-refractivity contribution in [1.82, 2.24) is 4.98 Å². The van der Waals surface area contributed by atoms with Crippen LogP contribution in [0.2, 0.25) is 0 Å². The number of thiazole rings is 1. The quantitative estimate of drug-likeness (QED) is 0.723. The van der Waals surface area contributed by atoms with Crippen LogP contribution in [-0.2, 0) is 0 Å². The van der Waals surface area contributed by atoms with E-state index in [2.05, 4.69) is 29.3 Å². The molecule has 0 amide bonds. The van der Waals surface area contributed by atoms with Gasteiger partial charge >= 0.3 is 0 Å². The zero-order chi connectivity index (χ0) is 9.80. The lowest BCUT2D eigenvalue weighted by Gasteiger charge is -1.91. The van der Waals surface area contributed by atoms with Crippen molar-refractivity contribution in [3.05, 3.63) is 52.0 Å². The van der Waals surface area contributed by atoms with Gasteiger partial charge in [-0.25, -0.2) is 4.98 Å². The summed E-state index contributed by atoms with van der Waals surface area (Å²) in [7, 11) is 0. The highest BCUT2D eigenvalue weighted by Crippen LogP contribution is 2.15. The Kier molecular flexibility index (Phi) is 2.75. The van der Waals surface area contributed by atoms with Crippen molar-refractivity contribution in [3.8, 4) is 0 Å². The molecule has 0 aliphatic rings. The predicted octanol–water partition coefficient (Wildman–Crippen LogP) is 3.62. The van der Waals surface area contributed by atoms with Gasteiger partial charge in [-0.3, -0.25) is 0 Å². The highest BCUT2D eigenvalue weighted by atomic mass is 32.1. The van der Waals surface area contributed by atoms with Crippen molar-refractivity contribution >= 4 is 23.5 Å². The van der Waals surface area contributed by atoms with Crippen LogP contribution in [0, 0.1) is 6.92 Å². The number of rotatable bonds is 2. The molecule has 0 saturated carbocycles. The van der Waals surface area contributed by atoms with E-state index in [1.165, 1.54) is 10.4 Å². The van der Waals surface area contributed by atoms with Crippen LogP contribution < -0.4 is 0 Å². The molecule has 70 valence electrons. The van der Waals surface area contributed by atoms with Gasteiger partial charge in [-0.15, -0.1) is 11.3 Å². The molecular weight excluding hydrogens is 190 g/mol. The Balaban J connectivity index is 2.20. The third kappa shape index (κ3) is 2.09. The summed E-state index contributed by atoms with van der Waals surface area (Å²) in [5.74, 6) is 0. The maximum atomic E-state index is 4.20. The Hall–Kier alpha value is -1.41. The second-order valence-corrected chi connectivity index (χ2v) is 3.93. The van der Waals surface area contributed by atoms with Gasteiger partial charge in [0, 0.05) is 4.88 Å². The van der Waals surface area contributed by atoms with Crippen LogP contribution in [0.4, 0.5) is 0 Å². The lowest BCUT2D eigenvalue weighted by Crippen LogP contribution is -1.72. The van der Waals surface area contributed by atoms with Crippen LogP contribution >= 0.6 is 11.3 Å². The van der Waals surface area contributed by atoms with Gasteiger partial charge in [-0.1, -0.05) is 36.4 Å². The molecule has 1 heterocycles. The van der Waals surface area contributed by atoms with Crippen LogP contribution in [0.3, 0.4) is 0 Å². The molecule has 0 atom stereocenters. The van der Waals surface area contributed by atoms with Crippen LogP contribution in [0.15, 0.2) is 35.8 Å². The lowest BCUT2D eigenvalue weighted by molar-refractivity contribution is 1.26. The molecule has 0 aliphatic carbocycles. The van der Waals surface area contributed by atoms with Crippen LogP contribution in [0.25, 0.3) is 12.2 Å². The van der Waals surface area contributed by atoms with E-state index in [-0.39, 0.29) is 0 Å². The summed E-state index contributed by atoms with van der Waals surface area (Å²) < 4.78 is 0. The summed E-state index contributed by atoms with van der Waals surface area (Å²) >= 11 is 1.67. The first-order valence-corrected chi connectivity index (χ1v) is 5.37. The van der Waals surface area contributed by atoms with Gasteiger partial charge in [0.15, 0.2) is 0 Å². The van der Waals surface area contributed by atoms with Gasteiger partial charge in [0.25, 0.3) is 0 Å². The maximum absolute atomic E-state index is 4.20. The molecule has 2 rings (SSSR count). The summed E-state index contributed by atoms with van der Waals surface area (Å²) in [6.07, 6.45) is 4.23. The molecule has 2 aromatic rings. The van der Waals surface area contributed by atoms with Crippen molar-refractivity contribution in [2.24, 2.45) is 0 Å². The molecule has 0 bridgehead atoms. The molecular formula is C12H11NS. The number of hydrogen-bond donors (Lipinski definition) is 0. The van der Waals surface area contributed by atoms with Crippen molar-refractivity contribution in [3.63, 3.8) is 0 Å². The minimum absolute atomic E-state index is 1.10. The normalized spacial score (nSPS) is 10.9. The fourth-order valence-electron chi connectivity index (χ4n) is 1.21. The largest absolute Gasteiger partial charge is 0.249 e. The van der Waals surface area contributed by atoms with E-state index in [9.17, 15) is 0 Å². The second-order valence-electron chi connectivity index (χ2n) is 3.05. The minimum Gasteiger partial charge on any atom is -0.249 e. The summed E-state index contributed by atoms with van der Waals surface area (Å²) in [6, 6.07) is 10.3. The predicted molar refractivity (Wildman–Crippen MR) is 62.2 cm³/mol. The first-order valence-electron chi connectivity index (χ1n) is 4.49. The Morgan fingerprint density at radius 3 is 2.57 bits per heavy atom. The average molecular weight is 201 g/mol. The van der Waals surface area contributed by atoms with Crippen molar-refractivity contribution in [1.29, 1.82) is 0 Å². The number of hydrogen-bond acceptors (Lipinski definition) is 2. The highest BCUT2D eigenvalue weighted by Gasteiger charge is 1.94. The van der Waals surface area contributed by atoms with Gasteiger partial charge in [0.2, 0.25) is 0 Å². The smallest absolute Gasteiger partial charge is 0.0801 e. The maximum Gasteiger partial charge on any atom is 0.0801 e. The number of aromatic nitrogens is 1. The Morgan fingerprint density at radius 2 is 1.93 bits per heavy atom. The van der Waals surface area contributed by atoms with Gasteiger partial charge in [0.1, 0.15) is 0 Å². The first-order chi connectivity index (χ1) is 6.86. The van der Waals surface area contributed by atoms with E-state index in [0.29, 0.717) is 0 Å². The summed E-state index contributed by atoms with van der Waals surface area (Å²) in [6.45, 7) is 2.03. The number of benzene rings is 1. The monoisotopic (exact) mass is 201 g/mol. The topological polar surface area (TPSA) is 12.9 Å². The third-order valence-electron chi connectivity index (χ3n) is 2.01. The SMILES string of the molecule is Cc1ncsc1C=Cc1ccccc1. The molecule has 0 radical (unpaired) electrons. The molecule has 0 N–H and O–H groups in total. The summed E-state index contributed by atoms with van der Waals surface area (Å²) in [4.78, 5) is 5.43. The van der Waals surface area contributed by atoms with Crippen LogP contribution in [0.5, 0.6) is 0 Å². The molecule has 0 fully saturated rings. The molecule has 14 heavy (non-hydrogen) atoms. The third-order valence-corrected chi connectivity index (χ3v) is 2.91. The van der Waals surface area contributed by atoms with Crippen molar-refractivity contribution < 1.29 is 0 Å². The van der Waals surface area contributed by atoms with Gasteiger partial charge in [0.05, 0.1) is 11.2 Å². The first kappa shape index (κ1) is 9.16. The molecule has 1 aromatic carbocycles. The zero-order valence-electron chi connectivity index (χ0n) is 7.97. The minimum atomic E-state index is 1.10. The highest BCUT2D eigenvalue weighted by molar-refractivity contribution is 7.10. The van der Waals surface area contributed by atoms with Gasteiger partial charge in [-0.2, -0.15) is 0 Å². The molecule has 1 aromatic heterocycles. The zero-order valence-corrected chi connectivity index (χ0v) is 8.79. The Labute approximate surface area is 87.8 Å². The molecule has 2 heteroatoms. The van der Waals surface area contributed by atoms with E-state index >= 15 is 0 Å². The standard InChI is InChI=1S/C12H11NS/c1-10-12(14-9-13-10)8-7-11-5-3-2-4-6-11/h2-9H,1H3. The molecule has 0 aliphatic heterocycles. The van der Waals surface area contributed by atoms with Crippen molar-refractivity contribution in [2.45, 2.75) is 6.92 Å². The fourth-order valence-corrected chi connectivity index (χ4v) is 1.90. The van der Waals surface area contributed by atoms with Gasteiger partial charge in [-0.05, 0) is 18.6 Å². The second kappa shape index (κ2) is 4.20. The Morgan fingerprint density at radius 1 is 1.14 bits per heavy atom. The summed E-state index contributed by atoms with van der Waals surface area (Å²) in [5, 5.41) is 0. The number of aryl methyl sites for hydroxylation is 1. The molecule has 0 spiro atoms. The lowest BCUT2D eigenvalue weighted by atomic mass is 10.2. The Bertz CT molecular complexity index is 429.